The minimum absolute atomic E-state index is 0.0139. The van der Waals surface area contributed by atoms with Crippen LogP contribution in [0.25, 0.3) is 17.0 Å². The van der Waals surface area contributed by atoms with Crippen molar-refractivity contribution in [3.05, 3.63) is 63.6 Å². The van der Waals surface area contributed by atoms with Gasteiger partial charge in [-0.15, -0.1) is 0 Å². The number of aromatic nitrogens is 1. The lowest BCUT2D eigenvalue weighted by Gasteiger charge is -2.35. The number of piperazine rings is 1. The number of aromatic hydroxyl groups is 1. The van der Waals surface area contributed by atoms with Crippen molar-refractivity contribution in [3.8, 4) is 11.5 Å². The fourth-order valence-electron chi connectivity index (χ4n) is 5.24. The number of fused-ring (bicyclic) bond motifs is 3. The number of carbonyl (C=O) groups is 2. The Bertz CT molecular complexity index is 1500. The van der Waals surface area contributed by atoms with E-state index in [0.29, 0.717) is 54.6 Å². The SMILES string of the molecule is CCC(=O)c1c(O)c2c(c3c(CCCC(=O)N4CCN(c5ccccn5)CC4)cc(=O)oc13)OC(C)(C)C=C2. The summed E-state index contributed by atoms with van der Waals surface area (Å²) in [5.74, 6) is 0.758. The summed E-state index contributed by atoms with van der Waals surface area (Å²) in [7, 11) is 0. The number of aryl methyl sites for hydroxylation is 1. The monoisotopic (exact) mass is 531 g/mol. The molecule has 0 unspecified atom stereocenters. The van der Waals surface area contributed by atoms with Crippen LogP contribution in [0.4, 0.5) is 5.82 Å². The van der Waals surface area contributed by atoms with Gasteiger partial charge in [-0.2, -0.15) is 0 Å². The zero-order valence-electron chi connectivity index (χ0n) is 22.5. The molecular weight excluding hydrogens is 498 g/mol. The first-order valence-electron chi connectivity index (χ1n) is 13.4. The maximum Gasteiger partial charge on any atom is 0.336 e. The maximum absolute atomic E-state index is 13.0. The minimum atomic E-state index is -0.663. The number of benzene rings is 1. The first kappa shape index (κ1) is 26.5. The van der Waals surface area contributed by atoms with E-state index in [1.54, 1.807) is 19.2 Å². The summed E-state index contributed by atoms with van der Waals surface area (Å²) < 4.78 is 11.7. The lowest BCUT2D eigenvalue weighted by atomic mass is 9.91. The molecule has 0 spiro atoms. The fourth-order valence-corrected chi connectivity index (χ4v) is 5.24. The number of carbonyl (C=O) groups excluding carboxylic acids is 2. The van der Waals surface area contributed by atoms with Gasteiger partial charge in [-0.3, -0.25) is 9.59 Å². The van der Waals surface area contributed by atoms with Crippen LogP contribution >= 0.6 is 0 Å². The number of phenolic OH excluding ortho intramolecular Hbond substituents is 1. The number of nitrogens with zero attached hydrogens (tertiary/aromatic N) is 3. The van der Waals surface area contributed by atoms with Gasteiger partial charge in [-0.1, -0.05) is 13.0 Å². The number of rotatable bonds is 7. The molecule has 4 heterocycles. The highest BCUT2D eigenvalue weighted by Gasteiger charge is 2.32. The van der Waals surface area contributed by atoms with Gasteiger partial charge in [-0.25, -0.2) is 9.78 Å². The number of ether oxygens (including phenoxy) is 1. The molecule has 39 heavy (non-hydrogen) atoms. The summed E-state index contributed by atoms with van der Waals surface area (Å²) in [4.78, 5) is 46.8. The van der Waals surface area contributed by atoms with Crippen molar-refractivity contribution < 1.29 is 23.8 Å². The molecule has 0 aliphatic carbocycles. The van der Waals surface area contributed by atoms with E-state index in [4.69, 9.17) is 9.15 Å². The molecule has 1 aromatic carbocycles. The third-order valence-corrected chi connectivity index (χ3v) is 7.29. The van der Waals surface area contributed by atoms with Gasteiger partial charge in [0.25, 0.3) is 0 Å². The maximum atomic E-state index is 13.0. The standard InChI is InChI=1S/C30H33N3O6/c1-4-21(34)26-27(37)20-11-12-30(2,3)39-28(20)25-19(18-24(36)38-29(25)26)8-7-10-23(35)33-16-14-32(15-17-33)22-9-5-6-13-31-22/h5-6,9,11-13,18,37H,4,7-8,10,14-17H2,1-3H3. The zero-order valence-corrected chi connectivity index (χ0v) is 22.5. The van der Waals surface area contributed by atoms with Gasteiger partial charge >= 0.3 is 5.63 Å². The van der Waals surface area contributed by atoms with Crippen molar-refractivity contribution in [2.45, 2.75) is 52.1 Å². The molecule has 1 fully saturated rings. The molecule has 9 nitrogen and oxygen atoms in total. The molecule has 0 atom stereocenters. The lowest BCUT2D eigenvalue weighted by Crippen LogP contribution is -2.49. The molecule has 1 saturated heterocycles. The summed E-state index contributed by atoms with van der Waals surface area (Å²) in [5.41, 5.74) is -0.256. The predicted octanol–water partition coefficient (Wildman–Crippen LogP) is 4.34. The van der Waals surface area contributed by atoms with Crippen LogP contribution in [0, 0.1) is 0 Å². The smallest absolute Gasteiger partial charge is 0.336 e. The van der Waals surface area contributed by atoms with E-state index in [2.05, 4.69) is 9.88 Å². The van der Waals surface area contributed by atoms with Crippen LogP contribution in [-0.2, 0) is 11.2 Å². The highest BCUT2D eigenvalue weighted by molar-refractivity contribution is 6.12. The Morgan fingerprint density at radius 2 is 1.92 bits per heavy atom. The van der Waals surface area contributed by atoms with E-state index in [9.17, 15) is 19.5 Å². The molecule has 3 aromatic rings. The number of pyridine rings is 1. The number of phenols is 1. The van der Waals surface area contributed by atoms with Crippen molar-refractivity contribution in [1.82, 2.24) is 9.88 Å². The molecule has 0 radical (unpaired) electrons. The second kappa shape index (κ2) is 10.6. The van der Waals surface area contributed by atoms with E-state index < -0.39 is 11.2 Å². The molecule has 2 aliphatic rings. The largest absolute Gasteiger partial charge is 0.506 e. The Hall–Kier alpha value is -4.14. The topological polar surface area (TPSA) is 113 Å². The summed E-state index contributed by atoms with van der Waals surface area (Å²) in [6.07, 6.45) is 6.68. The quantitative estimate of drug-likeness (QED) is 0.354. The average Bonchev–Trinajstić information content (AvgIpc) is 2.92. The number of amides is 1. The van der Waals surface area contributed by atoms with Gasteiger partial charge < -0.3 is 24.1 Å². The average molecular weight is 532 g/mol. The Morgan fingerprint density at radius 3 is 2.62 bits per heavy atom. The molecule has 0 bridgehead atoms. The van der Waals surface area contributed by atoms with Gasteiger partial charge in [0.15, 0.2) is 11.4 Å². The van der Waals surface area contributed by atoms with Crippen LogP contribution in [-0.4, -0.2) is 58.5 Å². The first-order chi connectivity index (χ1) is 18.7. The van der Waals surface area contributed by atoms with Crippen molar-refractivity contribution >= 4 is 34.6 Å². The van der Waals surface area contributed by atoms with Crippen molar-refractivity contribution in [2.75, 3.05) is 31.1 Å². The zero-order chi connectivity index (χ0) is 27.7. The minimum Gasteiger partial charge on any atom is -0.506 e. The number of ketones is 1. The Balaban J connectivity index is 1.37. The van der Waals surface area contributed by atoms with Crippen LogP contribution < -0.4 is 15.3 Å². The van der Waals surface area contributed by atoms with Crippen molar-refractivity contribution in [2.24, 2.45) is 0 Å². The normalized spacial score (nSPS) is 16.2. The summed E-state index contributed by atoms with van der Waals surface area (Å²) in [6, 6.07) is 7.20. The Morgan fingerprint density at radius 1 is 1.15 bits per heavy atom. The van der Waals surface area contributed by atoms with E-state index in [0.717, 1.165) is 18.9 Å². The third-order valence-electron chi connectivity index (χ3n) is 7.29. The van der Waals surface area contributed by atoms with E-state index in [1.807, 2.05) is 43.0 Å². The molecule has 2 aliphatic heterocycles. The highest BCUT2D eigenvalue weighted by Crippen LogP contribution is 2.46. The fraction of sp³-hybridized carbons (Fsp3) is 0.400. The first-order valence-corrected chi connectivity index (χ1v) is 13.4. The van der Waals surface area contributed by atoms with Crippen LogP contribution in [0.1, 0.15) is 61.5 Å². The Kier molecular flexibility index (Phi) is 7.16. The van der Waals surface area contributed by atoms with Crippen molar-refractivity contribution in [3.63, 3.8) is 0 Å². The van der Waals surface area contributed by atoms with Crippen LogP contribution in [0.5, 0.6) is 11.5 Å². The van der Waals surface area contributed by atoms with Gasteiger partial charge in [-0.05, 0) is 56.5 Å². The van der Waals surface area contributed by atoms with Gasteiger partial charge in [0, 0.05) is 51.3 Å². The van der Waals surface area contributed by atoms with Crippen molar-refractivity contribution in [1.29, 1.82) is 0 Å². The molecule has 1 N–H and O–H groups in total. The van der Waals surface area contributed by atoms with Crippen LogP contribution in [0.15, 0.2) is 45.8 Å². The Labute approximate surface area is 226 Å². The van der Waals surface area contributed by atoms with Gasteiger partial charge in [0.2, 0.25) is 5.91 Å². The molecule has 0 saturated carbocycles. The number of hydrogen-bond acceptors (Lipinski definition) is 8. The number of anilines is 1. The van der Waals surface area contributed by atoms with Crippen LogP contribution in [0.2, 0.25) is 0 Å². The lowest BCUT2D eigenvalue weighted by molar-refractivity contribution is -0.131. The predicted molar refractivity (Wildman–Crippen MR) is 148 cm³/mol. The highest BCUT2D eigenvalue weighted by atomic mass is 16.5. The molecule has 2 aromatic heterocycles. The molecule has 5 rings (SSSR count). The van der Waals surface area contributed by atoms with Crippen LogP contribution in [0.3, 0.4) is 0 Å². The van der Waals surface area contributed by atoms with E-state index in [1.165, 1.54) is 6.07 Å². The molecule has 204 valence electrons. The third kappa shape index (κ3) is 5.26. The summed E-state index contributed by atoms with van der Waals surface area (Å²) in [6.45, 7) is 8.13. The van der Waals surface area contributed by atoms with Gasteiger partial charge in [0.05, 0.1) is 10.9 Å². The van der Waals surface area contributed by atoms with Gasteiger partial charge in [0.1, 0.15) is 28.5 Å². The molecule has 9 heteroatoms. The molecule has 1 amide bonds. The molecular formula is C30H33N3O6. The summed E-state index contributed by atoms with van der Waals surface area (Å²) >= 11 is 0. The second-order valence-electron chi connectivity index (χ2n) is 10.5. The van der Waals surface area contributed by atoms with E-state index >= 15 is 0 Å². The van der Waals surface area contributed by atoms with E-state index in [-0.39, 0.29) is 35.0 Å². The number of Topliss-reactive ketones (excluding diaryl/α,β-unsaturated/α-hetero) is 1. The summed E-state index contributed by atoms with van der Waals surface area (Å²) in [5, 5.41) is 11.5. The second-order valence-corrected chi connectivity index (χ2v) is 10.5. The number of hydrogen-bond donors (Lipinski definition) is 1.